The van der Waals surface area contributed by atoms with E-state index in [9.17, 15) is 9.59 Å². The molecule has 0 fully saturated rings. The van der Waals surface area contributed by atoms with Gasteiger partial charge in [0.05, 0.1) is 0 Å². The maximum Gasteiger partial charge on any atom is 0.244 e. The summed E-state index contributed by atoms with van der Waals surface area (Å²) in [4.78, 5) is 23.0. The molecular weight excluding hydrogens is 168 g/mol. The first kappa shape index (κ1) is 14.5. The number of carbonyl (C=O) groups excluding carboxylic acids is 2. The Hall–Kier alpha value is -1.06. The Morgan fingerprint density at radius 3 is 1.85 bits per heavy atom. The molecular formula is C9H20N2O2. The molecule has 0 aliphatic rings. The summed E-state index contributed by atoms with van der Waals surface area (Å²) in [7, 11) is 3.31. The number of likely N-dealkylation sites (N-methyl/N-ethyl adjacent to an activating group) is 1. The molecule has 13 heavy (non-hydrogen) atoms. The molecule has 1 unspecified atom stereocenters. The number of nitrogens with one attached hydrogen (secondary N) is 1. The van der Waals surface area contributed by atoms with Gasteiger partial charge in [-0.25, -0.2) is 0 Å². The van der Waals surface area contributed by atoms with Crippen molar-refractivity contribution in [3.8, 4) is 0 Å². The van der Waals surface area contributed by atoms with Crippen LogP contribution in [0.1, 0.15) is 27.7 Å². The molecule has 4 heteroatoms. The lowest BCUT2D eigenvalue weighted by molar-refractivity contribution is -0.133. The summed E-state index contributed by atoms with van der Waals surface area (Å²) in [5, 5.41) is 2.49. The van der Waals surface area contributed by atoms with Crippen molar-refractivity contribution >= 4 is 11.8 Å². The number of hydrogen-bond acceptors (Lipinski definition) is 2. The van der Waals surface area contributed by atoms with Gasteiger partial charge in [-0.05, 0) is 6.92 Å². The van der Waals surface area contributed by atoms with Gasteiger partial charge in [0, 0.05) is 21.0 Å². The quantitative estimate of drug-likeness (QED) is 0.691. The molecule has 78 valence electrons. The van der Waals surface area contributed by atoms with Gasteiger partial charge in [-0.1, -0.05) is 13.8 Å². The Labute approximate surface area is 80.3 Å². The molecule has 0 aliphatic heterocycles. The molecule has 0 saturated heterocycles. The van der Waals surface area contributed by atoms with Crippen LogP contribution in [0.3, 0.4) is 0 Å². The molecule has 2 amide bonds. The highest BCUT2D eigenvalue weighted by molar-refractivity contribution is 5.86. The topological polar surface area (TPSA) is 49.4 Å². The fourth-order valence-corrected chi connectivity index (χ4v) is 0.754. The van der Waals surface area contributed by atoms with Crippen LogP contribution >= 0.6 is 0 Å². The van der Waals surface area contributed by atoms with Crippen LogP contribution < -0.4 is 5.32 Å². The highest BCUT2D eigenvalue weighted by Crippen LogP contribution is 1.87. The van der Waals surface area contributed by atoms with E-state index in [4.69, 9.17) is 0 Å². The average Bonchev–Trinajstić information content (AvgIpc) is 2.05. The number of rotatable bonds is 2. The molecule has 0 aliphatic carbocycles. The second kappa shape index (κ2) is 7.58. The Balaban J connectivity index is 0. The maximum absolute atomic E-state index is 11.1. The smallest absolute Gasteiger partial charge is 0.244 e. The van der Waals surface area contributed by atoms with E-state index in [2.05, 4.69) is 5.32 Å². The normalized spacial score (nSPS) is 10.6. The summed E-state index contributed by atoms with van der Waals surface area (Å²) < 4.78 is 0. The zero-order chi connectivity index (χ0) is 11.0. The highest BCUT2D eigenvalue weighted by atomic mass is 16.2. The van der Waals surface area contributed by atoms with Gasteiger partial charge in [0.15, 0.2) is 0 Å². The minimum Gasteiger partial charge on any atom is -0.347 e. The summed E-state index contributed by atoms with van der Waals surface area (Å²) >= 11 is 0. The molecule has 0 heterocycles. The van der Waals surface area contributed by atoms with Gasteiger partial charge >= 0.3 is 0 Å². The number of hydrogen-bond donors (Lipinski definition) is 1. The van der Waals surface area contributed by atoms with Crippen LogP contribution in [0.25, 0.3) is 0 Å². The first-order chi connectivity index (χ1) is 5.95. The predicted molar refractivity (Wildman–Crippen MR) is 53.3 cm³/mol. The summed E-state index contributed by atoms with van der Waals surface area (Å²) in [5.74, 6) is -0.284. The van der Waals surface area contributed by atoms with Crippen molar-refractivity contribution in [2.24, 2.45) is 0 Å². The van der Waals surface area contributed by atoms with Gasteiger partial charge in [0.2, 0.25) is 11.8 Å². The summed E-state index contributed by atoms with van der Waals surface area (Å²) in [6.07, 6.45) is 0. The molecule has 0 aromatic heterocycles. The minimum atomic E-state index is -0.428. The Morgan fingerprint density at radius 2 is 1.62 bits per heavy atom. The van der Waals surface area contributed by atoms with Crippen molar-refractivity contribution in [3.05, 3.63) is 0 Å². The monoisotopic (exact) mass is 188 g/mol. The second-order valence-electron chi connectivity index (χ2n) is 2.65. The molecule has 0 aromatic carbocycles. The SMILES string of the molecule is CC.CC(=O)NC(C)C(=O)N(C)C. The van der Waals surface area contributed by atoms with Crippen molar-refractivity contribution in [2.45, 2.75) is 33.7 Å². The van der Waals surface area contributed by atoms with Gasteiger partial charge in [-0.15, -0.1) is 0 Å². The van der Waals surface area contributed by atoms with Crippen LogP contribution in [0.5, 0.6) is 0 Å². The lowest BCUT2D eigenvalue weighted by atomic mass is 10.3. The fourth-order valence-electron chi connectivity index (χ4n) is 0.754. The molecule has 1 atom stereocenters. The molecule has 0 radical (unpaired) electrons. The molecule has 0 aromatic rings. The second-order valence-corrected chi connectivity index (χ2v) is 2.65. The fraction of sp³-hybridized carbons (Fsp3) is 0.778. The Morgan fingerprint density at radius 1 is 1.23 bits per heavy atom. The summed E-state index contributed by atoms with van der Waals surface area (Å²) in [6, 6.07) is -0.428. The molecule has 0 rings (SSSR count). The minimum absolute atomic E-state index is 0.0970. The molecule has 4 nitrogen and oxygen atoms in total. The van der Waals surface area contributed by atoms with E-state index in [0.717, 1.165) is 0 Å². The predicted octanol–water partition coefficient (Wildman–Crippen LogP) is 0.625. The number of nitrogens with zero attached hydrogens (tertiary/aromatic N) is 1. The molecule has 0 saturated carbocycles. The first-order valence-electron chi connectivity index (χ1n) is 4.43. The number of amides is 2. The molecule has 0 spiro atoms. The zero-order valence-electron chi connectivity index (χ0n) is 9.34. The molecule has 0 bridgehead atoms. The molecule has 1 N–H and O–H groups in total. The van der Waals surface area contributed by atoms with Crippen molar-refractivity contribution in [3.63, 3.8) is 0 Å². The van der Waals surface area contributed by atoms with E-state index >= 15 is 0 Å². The van der Waals surface area contributed by atoms with Gasteiger partial charge in [-0.2, -0.15) is 0 Å². The van der Waals surface area contributed by atoms with Crippen LogP contribution in [0, 0.1) is 0 Å². The van der Waals surface area contributed by atoms with E-state index in [1.807, 2.05) is 13.8 Å². The van der Waals surface area contributed by atoms with Crippen LogP contribution in [0.4, 0.5) is 0 Å². The third-order valence-electron chi connectivity index (χ3n) is 1.23. The first-order valence-corrected chi connectivity index (χ1v) is 4.43. The average molecular weight is 188 g/mol. The van der Waals surface area contributed by atoms with Crippen molar-refractivity contribution in [2.75, 3.05) is 14.1 Å². The third-order valence-corrected chi connectivity index (χ3v) is 1.23. The number of carbonyl (C=O) groups is 2. The van der Waals surface area contributed by atoms with Crippen LogP contribution in [0.2, 0.25) is 0 Å². The van der Waals surface area contributed by atoms with E-state index < -0.39 is 6.04 Å². The van der Waals surface area contributed by atoms with E-state index in [-0.39, 0.29) is 11.8 Å². The van der Waals surface area contributed by atoms with Crippen molar-refractivity contribution in [1.82, 2.24) is 10.2 Å². The van der Waals surface area contributed by atoms with E-state index in [0.29, 0.717) is 0 Å². The van der Waals surface area contributed by atoms with Crippen LogP contribution in [0.15, 0.2) is 0 Å². The lowest BCUT2D eigenvalue weighted by Crippen LogP contribution is -2.43. The summed E-state index contributed by atoms with van der Waals surface area (Å²) in [6.45, 7) is 7.04. The van der Waals surface area contributed by atoms with Crippen molar-refractivity contribution < 1.29 is 9.59 Å². The largest absolute Gasteiger partial charge is 0.347 e. The van der Waals surface area contributed by atoms with Gasteiger partial charge in [0.25, 0.3) is 0 Å². The summed E-state index contributed by atoms with van der Waals surface area (Å²) in [5.41, 5.74) is 0. The Kier molecular flexibility index (Phi) is 8.44. The van der Waals surface area contributed by atoms with E-state index in [1.54, 1.807) is 21.0 Å². The standard InChI is InChI=1S/C7H14N2O2.C2H6/c1-5(8-6(2)10)7(11)9(3)4;1-2/h5H,1-4H3,(H,8,10);1-2H3. The van der Waals surface area contributed by atoms with Crippen LogP contribution in [-0.4, -0.2) is 36.9 Å². The van der Waals surface area contributed by atoms with Crippen molar-refractivity contribution in [1.29, 1.82) is 0 Å². The van der Waals surface area contributed by atoms with Gasteiger partial charge < -0.3 is 10.2 Å². The zero-order valence-corrected chi connectivity index (χ0v) is 9.34. The lowest BCUT2D eigenvalue weighted by Gasteiger charge is -2.16. The Bertz CT molecular complexity index is 167. The third kappa shape index (κ3) is 7.31. The maximum atomic E-state index is 11.1. The van der Waals surface area contributed by atoms with Gasteiger partial charge in [0.1, 0.15) is 6.04 Å². The van der Waals surface area contributed by atoms with Crippen LogP contribution in [-0.2, 0) is 9.59 Å². The van der Waals surface area contributed by atoms with E-state index in [1.165, 1.54) is 11.8 Å². The highest BCUT2D eigenvalue weighted by Gasteiger charge is 2.14. The van der Waals surface area contributed by atoms with Gasteiger partial charge in [-0.3, -0.25) is 9.59 Å².